The van der Waals surface area contributed by atoms with Crippen molar-refractivity contribution in [1.82, 2.24) is 0 Å². The molecule has 0 heterocycles. The predicted molar refractivity (Wildman–Crippen MR) is 151 cm³/mol. The molecule has 8 nitrogen and oxygen atoms in total. The lowest BCUT2D eigenvalue weighted by Crippen LogP contribution is -2.34. The van der Waals surface area contributed by atoms with E-state index in [-0.39, 0.29) is 6.42 Å². The maximum Gasteiger partial charge on any atom is 0.309 e. The molecule has 226 valence electrons. The third-order valence-electron chi connectivity index (χ3n) is 6.98. The number of ether oxygens (including phenoxy) is 4. The predicted octanol–water partition coefficient (Wildman–Crippen LogP) is 6.88. The van der Waals surface area contributed by atoms with E-state index in [1.165, 1.54) is 38.5 Å². The van der Waals surface area contributed by atoms with Gasteiger partial charge in [0, 0.05) is 32.8 Å². The summed E-state index contributed by atoms with van der Waals surface area (Å²) in [7, 11) is 0. The van der Waals surface area contributed by atoms with E-state index in [1.807, 2.05) is 0 Å². The van der Waals surface area contributed by atoms with Gasteiger partial charge in [0.2, 0.25) is 0 Å². The highest BCUT2D eigenvalue weighted by Crippen LogP contribution is 2.34. The molecule has 2 N–H and O–H groups in total. The Kier molecular flexibility index (Phi) is 26.5. The second kappa shape index (κ2) is 27.4. The summed E-state index contributed by atoms with van der Waals surface area (Å²) < 4.78 is 22.7. The SMILES string of the molecule is CCCCCCOCCOCCC(CCCCCCCC(=O)O)(CCOCCOCCCCCC)C(=O)O. The largest absolute Gasteiger partial charge is 0.481 e. The second-order valence-electron chi connectivity index (χ2n) is 10.3. The van der Waals surface area contributed by atoms with E-state index < -0.39 is 17.4 Å². The Morgan fingerprint density at radius 3 is 1.37 bits per heavy atom. The first-order valence-corrected chi connectivity index (χ1v) is 15.2. The van der Waals surface area contributed by atoms with Gasteiger partial charge in [0.25, 0.3) is 0 Å². The molecule has 0 saturated heterocycles. The van der Waals surface area contributed by atoms with Crippen molar-refractivity contribution >= 4 is 11.9 Å². The highest BCUT2D eigenvalue weighted by atomic mass is 16.5. The van der Waals surface area contributed by atoms with Crippen LogP contribution in [0.4, 0.5) is 0 Å². The summed E-state index contributed by atoms with van der Waals surface area (Å²) in [6.07, 6.45) is 15.1. The van der Waals surface area contributed by atoms with E-state index in [9.17, 15) is 14.7 Å². The van der Waals surface area contributed by atoms with Crippen molar-refractivity contribution in [3.63, 3.8) is 0 Å². The number of carboxylic acid groups (broad SMARTS) is 2. The zero-order chi connectivity index (χ0) is 28.2. The average Bonchev–Trinajstić information content (AvgIpc) is 2.89. The molecule has 0 rings (SSSR count). The van der Waals surface area contributed by atoms with Gasteiger partial charge in [0.15, 0.2) is 0 Å². The number of hydrogen-bond donors (Lipinski definition) is 2. The van der Waals surface area contributed by atoms with Crippen LogP contribution in [0, 0.1) is 5.41 Å². The van der Waals surface area contributed by atoms with Crippen LogP contribution in [0.2, 0.25) is 0 Å². The number of hydrogen-bond acceptors (Lipinski definition) is 6. The standard InChI is InChI=1S/C30H58O8/c1-3-5-7-14-20-35-24-26-37-22-18-30(29(33)34,17-13-11-9-10-12-16-28(31)32)19-23-38-27-25-36-21-15-8-6-4-2/h3-27H2,1-2H3,(H,31,32)(H,33,34). The van der Waals surface area contributed by atoms with E-state index in [0.29, 0.717) is 65.3 Å². The van der Waals surface area contributed by atoms with Crippen molar-refractivity contribution in [2.75, 3.05) is 52.9 Å². The van der Waals surface area contributed by atoms with Crippen LogP contribution in [0.15, 0.2) is 0 Å². The van der Waals surface area contributed by atoms with Crippen molar-refractivity contribution in [3.05, 3.63) is 0 Å². The van der Waals surface area contributed by atoms with Gasteiger partial charge in [-0.15, -0.1) is 0 Å². The van der Waals surface area contributed by atoms with Crippen LogP contribution in [0.3, 0.4) is 0 Å². The Bertz CT molecular complexity index is 516. The topological polar surface area (TPSA) is 112 Å². The molecule has 0 aromatic rings. The van der Waals surface area contributed by atoms with Crippen LogP contribution in [0.5, 0.6) is 0 Å². The third kappa shape index (κ3) is 22.7. The van der Waals surface area contributed by atoms with Gasteiger partial charge in [-0.05, 0) is 38.5 Å². The van der Waals surface area contributed by atoms with Crippen molar-refractivity contribution in [2.24, 2.45) is 5.41 Å². The summed E-state index contributed by atoms with van der Waals surface area (Å²) in [5, 5.41) is 19.0. The summed E-state index contributed by atoms with van der Waals surface area (Å²) in [6, 6.07) is 0. The summed E-state index contributed by atoms with van der Waals surface area (Å²) in [5.74, 6) is -1.56. The number of unbranched alkanes of at least 4 members (excludes halogenated alkanes) is 10. The van der Waals surface area contributed by atoms with Crippen LogP contribution in [0.1, 0.15) is 123 Å². The minimum atomic E-state index is -0.886. The summed E-state index contributed by atoms with van der Waals surface area (Å²) in [4.78, 5) is 23.1. The Hall–Kier alpha value is -1.22. The number of rotatable bonds is 31. The van der Waals surface area contributed by atoms with Gasteiger partial charge in [-0.3, -0.25) is 9.59 Å². The normalized spacial score (nSPS) is 11.7. The molecule has 0 unspecified atom stereocenters. The Labute approximate surface area is 232 Å². The van der Waals surface area contributed by atoms with Gasteiger partial charge >= 0.3 is 11.9 Å². The van der Waals surface area contributed by atoms with Crippen LogP contribution in [-0.4, -0.2) is 75.0 Å². The Morgan fingerprint density at radius 1 is 0.500 bits per heavy atom. The Balaban J connectivity index is 4.42. The molecule has 38 heavy (non-hydrogen) atoms. The highest BCUT2D eigenvalue weighted by molar-refractivity contribution is 5.74. The van der Waals surface area contributed by atoms with E-state index in [2.05, 4.69) is 13.8 Å². The van der Waals surface area contributed by atoms with E-state index in [4.69, 9.17) is 24.1 Å². The molecule has 8 heteroatoms. The molecule has 0 aliphatic carbocycles. The van der Waals surface area contributed by atoms with Crippen molar-refractivity contribution in [1.29, 1.82) is 0 Å². The van der Waals surface area contributed by atoms with Gasteiger partial charge in [-0.1, -0.05) is 78.1 Å². The second-order valence-corrected chi connectivity index (χ2v) is 10.3. The summed E-state index contributed by atoms with van der Waals surface area (Å²) in [6.45, 7) is 8.63. The number of carbonyl (C=O) groups is 2. The first kappa shape index (κ1) is 36.8. The van der Waals surface area contributed by atoms with Crippen molar-refractivity contribution < 1.29 is 38.7 Å². The lowest BCUT2D eigenvalue weighted by molar-refractivity contribution is -0.152. The van der Waals surface area contributed by atoms with Gasteiger partial charge in [-0.2, -0.15) is 0 Å². The van der Waals surface area contributed by atoms with E-state index >= 15 is 0 Å². The lowest BCUT2D eigenvalue weighted by atomic mass is 9.77. The molecule has 0 aromatic carbocycles. The quantitative estimate of drug-likeness (QED) is 0.0905. The molecule has 0 saturated carbocycles. The minimum absolute atomic E-state index is 0.193. The highest BCUT2D eigenvalue weighted by Gasteiger charge is 2.37. The zero-order valence-electron chi connectivity index (χ0n) is 24.5. The van der Waals surface area contributed by atoms with Crippen molar-refractivity contribution in [2.45, 2.75) is 123 Å². The van der Waals surface area contributed by atoms with Gasteiger partial charge in [-0.25, -0.2) is 0 Å². The monoisotopic (exact) mass is 546 g/mol. The molecule has 0 aromatic heterocycles. The van der Waals surface area contributed by atoms with Crippen molar-refractivity contribution in [3.8, 4) is 0 Å². The fourth-order valence-electron chi connectivity index (χ4n) is 4.41. The van der Waals surface area contributed by atoms with Crippen LogP contribution < -0.4 is 0 Å². The Morgan fingerprint density at radius 2 is 0.921 bits per heavy atom. The maximum atomic E-state index is 12.4. The summed E-state index contributed by atoms with van der Waals surface area (Å²) in [5.41, 5.74) is -0.886. The molecule has 0 amide bonds. The number of carboxylic acids is 2. The van der Waals surface area contributed by atoms with E-state index in [0.717, 1.165) is 51.7 Å². The minimum Gasteiger partial charge on any atom is -0.481 e. The zero-order valence-corrected chi connectivity index (χ0v) is 24.5. The first-order chi connectivity index (χ1) is 18.5. The van der Waals surface area contributed by atoms with Crippen LogP contribution in [-0.2, 0) is 28.5 Å². The molecule has 0 radical (unpaired) electrons. The first-order valence-electron chi connectivity index (χ1n) is 15.2. The van der Waals surface area contributed by atoms with Crippen LogP contribution in [0.25, 0.3) is 0 Å². The third-order valence-corrected chi connectivity index (χ3v) is 6.98. The van der Waals surface area contributed by atoms with E-state index in [1.54, 1.807) is 0 Å². The van der Waals surface area contributed by atoms with Gasteiger partial charge in [0.05, 0.1) is 31.8 Å². The molecule has 0 aliphatic heterocycles. The smallest absolute Gasteiger partial charge is 0.309 e. The molecule has 0 atom stereocenters. The van der Waals surface area contributed by atoms with Gasteiger partial charge < -0.3 is 29.2 Å². The van der Waals surface area contributed by atoms with Gasteiger partial charge in [0.1, 0.15) is 0 Å². The molecular formula is C30H58O8. The molecule has 0 fully saturated rings. The maximum absolute atomic E-state index is 12.4. The molecule has 0 spiro atoms. The molecule has 0 aliphatic rings. The fourth-order valence-corrected chi connectivity index (χ4v) is 4.41. The van der Waals surface area contributed by atoms with Crippen LogP contribution >= 0.6 is 0 Å². The average molecular weight is 547 g/mol. The molecule has 0 bridgehead atoms. The lowest BCUT2D eigenvalue weighted by Gasteiger charge is -2.29. The fraction of sp³-hybridized carbons (Fsp3) is 0.933. The number of aliphatic carboxylic acids is 2. The molecular weight excluding hydrogens is 488 g/mol. The summed E-state index contributed by atoms with van der Waals surface area (Å²) >= 11 is 0.